The number of para-hydroxylation sites is 1. The lowest BCUT2D eigenvalue weighted by Crippen LogP contribution is -2.26. The van der Waals surface area contributed by atoms with Gasteiger partial charge in [0.1, 0.15) is 0 Å². The number of fused-ring (bicyclic) bond motifs is 1. The molecule has 1 N–H and O–H groups in total. The minimum Gasteiger partial charge on any atom is -0.348 e. The average Bonchev–Trinajstić information content (AvgIpc) is 2.23. The van der Waals surface area contributed by atoms with E-state index in [1.54, 1.807) is 0 Å². The van der Waals surface area contributed by atoms with Crippen molar-refractivity contribution in [1.29, 1.82) is 0 Å². The number of nitrogens with one attached hydrogen (secondary N) is 1. The zero-order valence-corrected chi connectivity index (χ0v) is 8.91. The molecule has 0 spiro atoms. The van der Waals surface area contributed by atoms with Crippen LogP contribution in [0.15, 0.2) is 36.0 Å². The Bertz CT molecular complexity index is 368. The standard InChI is InChI=1S/C12H16N2/c1-9-8-11(13-2)10-6-4-5-7-12(10)14(9)3/h4-8,11,13H,1-3H3. The summed E-state index contributed by atoms with van der Waals surface area (Å²) < 4.78 is 0. The summed E-state index contributed by atoms with van der Waals surface area (Å²) >= 11 is 0. The molecule has 74 valence electrons. The van der Waals surface area contributed by atoms with Crippen molar-refractivity contribution in [2.75, 3.05) is 19.0 Å². The Hall–Kier alpha value is -1.28. The van der Waals surface area contributed by atoms with E-state index in [-0.39, 0.29) is 0 Å². The second kappa shape index (κ2) is 3.46. The van der Waals surface area contributed by atoms with Crippen molar-refractivity contribution < 1.29 is 0 Å². The van der Waals surface area contributed by atoms with Crippen LogP contribution >= 0.6 is 0 Å². The molecule has 2 nitrogen and oxygen atoms in total. The molecule has 1 atom stereocenters. The third-order valence-electron chi connectivity index (χ3n) is 2.88. The van der Waals surface area contributed by atoms with E-state index in [0.29, 0.717) is 6.04 Å². The van der Waals surface area contributed by atoms with Crippen molar-refractivity contribution in [3.05, 3.63) is 41.6 Å². The molecule has 0 amide bonds. The van der Waals surface area contributed by atoms with Gasteiger partial charge in [-0.2, -0.15) is 0 Å². The molecule has 1 heterocycles. The molecule has 2 heteroatoms. The Kier molecular flexibility index (Phi) is 2.30. The molecule has 0 bridgehead atoms. The number of anilines is 1. The third-order valence-corrected chi connectivity index (χ3v) is 2.88. The zero-order valence-electron chi connectivity index (χ0n) is 8.91. The fraction of sp³-hybridized carbons (Fsp3) is 0.333. The highest BCUT2D eigenvalue weighted by atomic mass is 15.1. The van der Waals surface area contributed by atoms with Crippen LogP contribution in [0.4, 0.5) is 5.69 Å². The lowest BCUT2D eigenvalue weighted by molar-refractivity contribution is 0.693. The number of likely N-dealkylation sites (N-methyl/N-ethyl adjacent to an activating group) is 1. The highest BCUT2D eigenvalue weighted by Crippen LogP contribution is 2.33. The van der Waals surface area contributed by atoms with Gasteiger partial charge < -0.3 is 10.2 Å². The summed E-state index contributed by atoms with van der Waals surface area (Å²) in [6.07, 6.45) is 2.25. The summed E-state index contributed by atoms with van der Waals surface area (Å²) in [4.78, 5) is 2.23. The van der Waals surface area contributed by atoms with Crippen LogP contribution in [-0.4, -0.2) is 14.1 Å². The van der Waals surface area contributed by atoms with E-state index in [0.717, 1.165) is 0 Å². The summed E-state index contributed by atoms with van der Waals surface area (Å²) in [5.41, 5.74) is 3.94. The first-order valence-electron chi connectivity index (χ1n) is 4.92. The number of hydrogen-bond donors (Lipinski definition) is 1. The van der Waals surface area contributed by atoms with E-state index in [1.807, 2.05) is 7.05 Å². The van der Waals surface area contributed by atoms with Gasteiger partial charge in [-0.25, -0.2) is 0 Å². The summed E-state index contributed by atoms with van der Waals surface area (Å²) in [5, 5.41) is 3.31. The van der Waals surface area contributed by atoms with E-state index in [4.69, 9.17) is 0 Å². The van der Waals surface area contributed by atoms with Crippen LogP contribution in [-0.2, 0) is 0 Å². The van der Waals surface area contributed by atoms with Crippen molar-refractivity contribution in [2.24, 2.45) is 0 Å². The fourth-order valence-corrected chi connectivity index (χ4v) is 1.93. The van der Waals surface area contributed by atoms with E-state index in [2.05, 4.69) is 54.5 Å². The normalized spacial score (nSPS) is 20.4. The van der Waals surface area contributed by atoms with Crippen LogP contribution in [0.5, 0.6) is 0 Å². The molecule has 0 saturated heterocycles. The smallest absolute Gasteiger partial charge is 0.0544 e. The SMILES string of the molecule is CNC1C=C(C)N(C)c2ccccc21. The van der Waals surface area contributed by atoms with Gasteiger partial charge in [0.25, 0.3) is 0 Å². The zero-order chi connectivity index (χ0) is 10.1. The van der Waals surface area contributed by atoms with Gasteiger partial charge in [0.15, 0.2) is 0 Å². The minimum atomic E-state index is 0.349. The van der Waals surface area contributed by atoms with Crippen molar-refractivity contribution in [3.8, 4) is 0 Å². The van der Waals surface area contributed by atoms with Gasteiger partial charge in [0, 0.05) is 18.4 Å². The van der Waals surface area contributed by atoms with E-state index >= 15 is 0 Å². The van der Waals surface area contributed by atoms with Crippen LogP contribution < -0.4 is 10.2 Å². The summed E-state index contributed by atoms with van der Waals surface area (Å²) in [7, 11) is 4.10. The second-order valence-corrected chi connectivity index (χ2v) is 3.69. The van der Waals surface area contributed by atoms with Gasteiger partial charge in [0.05, 0.1) is 6.04 Å². The molecule has 1 aliphatic heterocycles. The predicted molar refractivity (Wildman–Crippen MR) is 60.4 cm³/mol. The molecule has 1 aromatic rings. The average molecular weight is 188 g/mol. The van der Waals surface area contributed by atoms with E-state index in [9.17, 15) is 0 Å². The fourth-order valence-electron chi connectivity index (χ4n) is 1.93. The van der Waals surface area contributed by atoms with Gasteiger partial charge in [-0.15, -0.1) is 0 Å². The van der Waals surface area contributed by atoms with Crippen molar-refractivity contribution in [3.63, 3.8) is 0 Å². The number of benzene rings is 1. The number of nitrogens with zero attached hydrogens (tertiary/aromatic N) is 1. The molecule has 0 fully saturated rings. The van der Waals surface area contributed by atoms with Crippen LogP contribution in [0.3, 0.4) is 0 Å². The third kappa shape index (κ3) is 1.32. The molecule has 2 rings (SSSR count). The number of rotatable bonds is 1. The van der Waals surface area contributed by atoms with Crippen LogP contribution in [0.25, 0.3) is 0 Å². The summed E-state index contributed by atoms with van der Waals surface area (Å²) in [6.45, 7) is 2.14. The monoisotopic (exact) mass is 188 g/mol. The van der Waals surface area contributed by atoms with Gasteiger partial charge in [-0.1, -0.05) is 18.2 Å². The highest BCUT2D eigenvalue weighted by Gasteiger charge is 2.19. The molecule has 0 saturated carbocycles. The highest BCUT2D eigenvalue weighted by molar-refractivity contribution is 5.62. The predicted octanol–water partition coefficient (Wildman–Crippen LogP) is 2.30. The van der Waals surface area contributed by atoms with Crippen LogP contribution in [0, 0.1) is 0 Å². The molecule has 0 aliphatic carbocycles. The Balaban J connectivity index is 2.52. The lowest BCUT2D eigenvalue weighted by Gasteiger charge is -2.31. The van der Waals surface area contributed by atoms with Gasteiger partial charge in [-0.05, 0) is 31.7 Å². The Labute approximate surface area is 85.2 Å². The van der Waals surface area contributed by atoms with Crippen molar-refractivity contribution in [1.82, 2.24) is 5.32 Å². The molecular weight excluding hydrogens is 172 g/mol. The largest absolute Gasteiger partial charge is 0.348 e. The maximum atomic E-state index is 3.31. The first kappa shape index (κ1) is 9.28. The maximum Gasteiger partial charge on any atom is 0.0544 e. The molecule has 1 unspecified atom stereocenters. The number of hydrogen-bond acceptors (Lipinski definition) is 2. The molecular formula is C12H16N2. The van der Waals surface area contributed by atoms with E-state index < -0.39 is 0 Å². The topological polar surface area (TPSA) is 15.3 Å². The van der Waals surface area contributed by atoms with Crippen molar-refractivity contribution in [2.45, 2.75) is 13.0 Å². The maximum absolute atomic E-state index is 3.31. The quantitative estimate of drug-likeness (QED) is 0.727. The summed E-state index contributed by atoms with van der Waals surface area (Å²) in [5.74, 6) is 0. The Morgan fingerprint density at radius 3 is 2.71 bits per heavy atom. The van der Waals surface area contributed by atoms with Crippen LogP contribution in [0.2, 0.25) is 0 Å². The first-order chi connectivity index (χ1) is 6.74. The first-order valence-corrected chi connectivity index (χ1v) is 4.92. The Morgan fingerprint density at radius 2 is 2.00 bits per heavy atom. The Morgan fingerprint density at radius 1 is 1.29 bits per heavy atom. The van der Waals surface area contributed by atoms with Crippen LogP contribution in [0.1, 0.15) is 18.5 Å². The van der Waals surface area contributed by atoms with Gasteiger partial charge >= 0.3 is 0 Å². The van der Waals surface area contributed by atoms with Gasteiger partial charge in [-0.3, -0.25) is 0 Å². The number of allylic oxidation sites excluding steroid dienone is 1. The molecule has 0 radical (unpaired) electrons. The lowest BCUT2D eigenvalue weighted by atomic mass is 9.99. The summed E-state index contributed by atoms with van der Waals surface area (Å²) in [6, 6.07) is 8.86. The van der Waals surface area contributed by atoms with Gasteiger partial charge in [0.2, 0.25) is 0 Å². The molecule has 1 aromatic carbocycles. The van der Waals surface area contributed by atoms with E-state index in [1.165, 1.54) is 16.9 Å². The molecule has 14 heavy (non-hydrogen) atoms. The van der Waals surface area contributed by atoms with Crippen molar-refractivity contribution >= 4 is 5.69 Å². The molecule has 1 aliphatic rings. The minimum absolute atomic E-state index is 0.349. The molecule has 0 aromatic heterocycles. The second-order valence-electron chi connectivity index (χ2n) is 3.69.